The first-order valence-electron chi connectivity index (χ1n) is 7.46. The molecule has 0 spiro atoms. The van der Waals surface area contributed by atoms with E-state index in [1.807, 2.05) is 11.9 Å². The first-order chi connectivity index (χ1) is 10.6. The van der Waals surface area contributed by atoms with Gasteiger partial charge >= 0.3 is 6.18 Å². The summed E-state index contributed by atoms with van der Waals surface area (Å²) in [6.07, 6.45) is -3.47. The van der Waals surface area contributed by atoms with Gasteiger partial charge in [-0.05, 0) is 43.1 Å². The highest BCUT2D eigenvalue weighted by molar-refractivity contribution is 6.30. The largest absolute Gasteiger partial charge is 0.416 e. The lowest BCUT2D eigenvalue weighted by Crippen LogP contribution is -2.30. The van der Waals surface area contributed by atoms with Crippen LogP contribution in [0.4, 0.5) is 13.2 Å². The number of amides is 1. The molecular formula is C16H20ClF3N2O. The monoisotopic (exact) mass is 348 g/mol. The summed E-state index contributed by atoms with van der Waals surface area (Å²) in [5.74, 6) is 0.421. The van der Waals surface area contributed by atoms with Crippen LogP contribution in [-0.4, -0.2) is 42.4 Å². The Morgan fingerprint density at radius 1 is 1.39 bits per heavy atom. The van der Waals surface area contributed by atoms with Crippen molar-refractivity contribution < 1.29 is 18.0 Å². The molecule has 7 heteroatoms. The van der Waals surface area contributed by atoms with Gasteiger partial charge < -0.3 is 9.80 Å². The van der Waals surface area contributed by atoms with Gasteiger partial charge in [-0.2, -0.15) is 13.2 Å². The van der Waals surface area contributed by atoms with E-state index in [0.29, 0.717) is 24.6 Å². The number of benzene rings is 1. The molecule has 1 atom stereocenters. The highest BCUT2D eigenvalue weighted by Gasteiger charge is 2.31. The molecule has 128 valence electrons. The highest BCUT2D eigenvalue weighted by atomic mass is 35.5. The molecule has 0 radical (unpaired) electrons. The van der Waals surface area contributed by atoms with E-state index in [4.69, 9.17) is 11.6 Å². The number of rotatable bonds is 4. The normalized spacial score (nSPS) is 18.7. The predicted octanol–water partition coefficient (Wildman–Crippen LogP) is 3.66. The third-order valence-electron chi connectivity index (χ3n) is 4.04. The van der Waals surface area contributed by atoms with Crippen LogP contribution in [0.2, 0.25) is 5.02 Å². The number of carbonyl (C=O) groups excluding carboxylic acids is 1. The Labute approximate surface area is 139 Å². The first-order valence-corrected chi connectivity index (χ1v) is 7.83. The quantitative estimate of drug-likeness (QED) is 0.829. The van der Waals surface area contributed by atoms with Crippen LogP contribution < -0.4 is 0 Å². The molecule has 0 aliphatic carbocycles. The van der Waals surface area contributed by atoms with Gasteiger partial charge in [0.25, 0.3) is 0 Å². The molecule has 1 heterocycles. The van der Waals surface area contributed by atoms with Crippen molar-refractivity contribution in [2.45, 2.75) is 26.1 Å². The molecule has 0 N–H and O–H groups in total. The Bertz CT molecular complexity index is 577. The maximum absolute atomic E-state index is 12.8. The zero-order valence-electron chi connectivity index (χ0n) is 13.2. The van der Waals surface area contributed by atoms with Gasteiger partial charge in [0, 0.05) is 38.1 Å². The summed E-state index contributed by atoms with van der Waals surface area (Å²) in [5, 5.41) is 0.0897. The van der Waals surface area contributed by atoms with Crippen LogP contribution in [0.25, 0.3) is 0 Å². The first kappa shape index (κ1) is 18.1. The molecule has 0 bridgehead atoms. The summed E-state index contributed by atoms with van der Waals surface area (Å²) in [6.45, 7) is 4.14. The molecule has 0 aromatic heterocycles. The topological polar surface area (TPSA) is 23.6 Å². The van der Waals surface area contributed by atoms with E-state index in [0.717, 1.165) is 31.6 Å². The number of carbonyl (C=O) groups is 1. The second-order valence-corrected chi connectivity index (χ2v) is 6.60. The van der Waals surface area contributed by atoms with Gasteiger partial charge in [-0.25, -0.2) is 0 Å². The Balaban J connectivity index is 1.97. The Hall–Kier alpha value is -1.27. The molecule has 1 fully saturated rings. The molecule has 2 rings (SSSR count). The van der Waals surface area contributed by atoms with Crippen LogP contribution >= 0.6 is 11.6 Å². The van der Waals surface area contributed by atoms with E-state index < -0.39 is 11.7 Å². The van der Waals surface area contributed by atoms with Crippen molar-refractivity contribution in [2.75, 3.05) is 26.7 Å². The summed E-state index contributed by atoms with van der Waals surface area (Å²) in [7, 11) is 1.87. The third-order valence-corrected chi connectivity index (χ3v) is 4.26. The number of halogens is 4. The van der Waals surface area contributed by atoms with Gasteiger partial charge in [-0.3, -0.25) is 4.79 Å². The number of nitrogens with zero attached hydrogens (tertiary/aromatic N) is 2. The van der Waals surface area contributed by atoms with Crippen LogP contribution in [0.15, 0.2) is 18.2 Å². The summed E-state index contributed by atoms with van der Waals surface area (Å²) < 4.78 is 38.5. The van der Waals surface area contributed by atoms with Crippen LogP contribution in [0, 0.1) is 5.92 Å². The summed E-state index contributed by atoms with van der Waals surface area (Å²) in [5.41, 5.74) is -0.189. The van der Waals surface area contributed by atoms with E-state index >= 15 is 0 Å². The fourth-order valence-electron chi connectivity index (χ4n) is 2.99. The fraction of sp³-hybridized carbons (Fsp3) is 0.562. The van der Waals surface area contributed by atoms with E-state index in [-0.39, 0.29) is 10.9 Å². The molecule has 1 aliphatic rings. The maximum atomic E-state index is 12.8. The van der Waals surface area contributed by atoms with Gasteiger partial charge in [0.05, 0.1) is 5.56 Å². The summed E-state index contributed by atoms with van der Waals surface area (Å²) >= 11 is 5.80. The number of alkyl halides is 3. The van der Waals surface area contributed by atoms with Gasteiger partial charge in [0.2, 0.25) is 5.91 Å². The second kappa shape index (κ2) is 7.09. The Kier molecular flexibility index (Phi) is 5.57. The van der Waals surface area contributed by atoms with Crippen LogP contribution in [-0.2, 0) is 17.5 Å². The van der Waals surface area contributed by atoms with Gasteiger partial charge in [0.15, 0.2) is 0 Å². The van der Waals surface area contributed by atoms with Crippen molar-refractivity contribution in [1.82, 2.24) is 9.80 Å². The highest BCUT2D eigenvalue weighted by Crippen LogP contribution is 2.32. The average Bonchev–Trinajstić information content (AvgIpc) is 2.85. The second-order valence-electron chi connectivity index (χ2n) is 6.16. The smallest absolute Gasteiger partial charge is 0.343 e. The molecule has 0 unspecified atom stereocenters. The average molecular weight is 349 g/mol. The molecule has 1 aliphatic heterocycles. The van der Waals surface area contributed by atoms with Gasteiger partial charge in [-0.15, -0.1) is 0 Å². The SMILES string of the molecule is CC(=O)N1CC[C@@H](CN(C)Cc2cc(Cl)cc(C(F)(F)F)c2)C1. The number of likely N-dealkylation sites (tertiary alicyclic amines) is 1. The number of hydrogen-bond acceptors (Lipinski definition) is 2. The minimum atomic E-state index is -4.40. The minimum absolute atomic E-state index is 0.0693. The summed E-state index contributed by atoms with van der Waals surface area (Å²) in [6, 6.07) is 3.63. The van der Waals surface area contributed by atoms with Crippen molar-refractivity contribution in [2.24, 2.45) is 5.92 Å². The van der Waals surface area contributed by atoms with E-state index in [1.54, 1.807) is 17.9 Å². The molecule has 1 amide bonds. The molecule has 1 saturated heterocycles. The van der Waals surface area contributed by atoms with Crippen molar-refractivity contribution in [3.8, 4) is 0 Å². The lowest BCUT2D eigenvalue weighted by Gasteiger charge is -2.22. The predicted molar refractivity (Wildman–Crippen MR) is 83.1 cm³/mol. The van der Waals surface area contributed by atoms with Crippen LogP contribution in [0.3, 0.4) is 0 Å². The third kappa shape index (κ3) is 5.11. The Morgan fingerprint density at radius 3 is 2.65 bits per heavy atom. The zero-order valence-corrected chi connectivity index (χ0v) is 13.9. The minimum Gasteiger partial charge on any atom is -0.343 e. The Morgan fingerprint density at radius 2 is 2.09 bits per heavy atom. The van der Waals surface area contributed by atoms with E-state index in [9.17, 15) is 18.0 Å². The number of hydrogen-bond donors (Lipinski definition) is 0. The molecule has 0 saturated carbocycles. The van der Waals surface area contributed by atoms with Crippen LogP contribution in [0.1, 0.15) is 24.5 Å². The molecule has 23 heavy (non-hydrogen) atoms. The standard InChI is InChI=1S/C16H20ClF3N2O/c1-11(23)22-4-3-12(10-22)8-21(2)9-13-5-14(16(18,19)20)7-15(17)6-13/h5-7,12H,3-4,8-10H2,1-2H3/t12-/m0/s1. The van der Waals surface area contributed by atoms with E-state index in [1.165, 1.54) is 0 Å². The van der Waals surface area contributed by atoms with Gasteiger partial charge in [0.1, 0.15) is 0 Å². The lowest BCUT2D eigenvalue weighted by molar-refractivity contribution is -0.137. The molecule has 1 aromatic carbocycles. The van der Waals surface area contributed by atoms with E-state index in [2.05, 4.69) is 0 Å². The maximum Gasteiger partial charge on any atom is 0.416 e. The zero-order chi connectivity index (χ0) is 17.2. The van der Waals surface area contributed by atoms with Crippen LogP contribution in [0.5, 0.6) is 0 Å². The molecule has 1 aromatic rings. The summed E-state index contributed by atoms with van der Waals surface area (Å²) in [4.78, 5) is 15.1. The van der Waals surface area contributed by atoms with Crippen molar-refractivity contribution in [1.29, 1.82) is 0 Å². The van der Waals surface area contributed by atoms with Crippen molar-refractivity contribution >= 4 is 17.5 Å². The lowest BCUT2D eigenvalue weighted by atomic mass is 10.1. The van der Waals surface area contributed by atoms with Crippen molar-refractivity contribution in [3.05, 3.63) is 34.3 Å². The fourth-order valence-corrected chi connectivity index (χ4v) is 3.25. The molecular weight excluding hydrogens is 329 g/mol. The molecule has 3 nitrogen and oxygen atoms in total. The van der Waals surface area contributed by atoms with Gasteiger partial charge in [-0.1, -0.05) is 11.6 Å². The van der Waals surface area contributed by atoms with Crippen molar-refractivity contribution in [3.63, 3.8) is 0 Å².